The summed E-state index contributed by atoms with van der Waals surface area (Å²) < 4.78 is 0. The second kappa shape index (κ2) is 5.43. The minimum absolute atomic E-state index is 0.290. The minimum atomic E-state index is 0.290. The first-order chi connectivity index (χ1) is 8.98. The molecule has 19 heavy (non-hydrogen) atoms. The van der Waals surface area contributed by atoms with Crippen LogP contribution in [0.25, 0.3) is 0 Å². The molecule has 1 aliphatic rings. The van der Waals surface area contributed by atoms with Crippen LogP contribution >= 0.6 is 0 Å². The van der Waals surface area contributed by atoms with Crippen LogP contribution in [0.3, 0.4) is 0 Å². The molecule has 0 unspecified atom stereocenters. The summed E-state index contributed by atoms with van der Waals surface area (Å²) in [6.45, 7) is 3.46. The zero-order valence-electron chi connectivity index (χ0n) is 12.5. The van der Waals surface area contributed by atoms with Crippen molar-refractivity contribution >= 4 is 5.95 Å². The molecule has 2 rings (SSSR count). The molecule has 0 aliphatic heterocycles. The van der Waals surface area contributed by atoms with Gasteiger partial charge in [0.25, 0.3) is 0 Å². The second-order valence-electron chi connectivity index (χ2n) is 5.81. The van der Waals surface area contributed by atoms with Gasteiger partial charge in [-0.1, -0.05) is 0 Å². The van der Waals surface area contributed by atoms with Crippen LogP contribution in [0.1, 0.15) is 30.5 Å². The van der Waals surface area contributed by atoms with Gasteiger partial charge in [0, 0.05) is 43.1 Å². The smallest absolute Gasteiger partial charge is 0.225 e. The Morgan fingerprint density at radius 3 is 2.42 bits per heavy atom. The lowest BCUT2D eigenvalue weighted by atomic mass is 9.75. The van der Waals surface area contributed by atoms with Crippen molar-refractivity contribution in [3.63, 3.8) is 0 Å². The Balaban J connectivity index is 2.11. The lowest BCUT2D eigenvalue weighted by Crippen LogP contribution is -2.57. The van der Waals surface area contributed by atoms with E-state index in [1.165, 1.54) is 19.3 Å². The van der Waals surface area contributed by atoms with Gasteiger partial charge in [-0.3, -0.25) is 0 Å². The summed E-state index contributed by atoms with van der Waals surface area (Å²) in [6, 6.07) is 0. The topological polar surface area (TPSA) is 58.3 Å². The zero-order chi connectivity index (χ0) is 14.0. The molecule has 0 spiro atoms. The minimum Gasteiger partial charge on any atom is -0.342 e. The molecule has 0 saturated heterocycles. The predicted octanol–water partition coefficient (Wildman–Crippen LogP) is 1.16. The van der Waals surface area contributed by atoms with E-state index in [0.717, 1.165) is 23.8 Å². The van der Waals surface area contributed by atoms with Gasteiger partial charge in [0.15, 0.2) is 0 Å². The molecule has 1 aliphatic carbocycles. The van der Waals surface area contributed by atoms with E-state index < -0.39 is 0 Å². The highest BCUT2D eigenvalue weighted by atomic mass is 15.3. The molecule has 1 fully saturated rings. The molecule has 0 radical (unpaired) electrons. The molecule has 0 bridgehead atoms. The van der Waals surface area contributed by atoms with Gasteiger partial charge in [0.1, 0.15) is 0 Å². The molecule has 1 aromatic heterocycles. The van der Waals surface area contributed by atoms with Gasteiger partial charge in [-0.2, -0.15) is 0 Å². The van der Waals surface area contributed by atoms with Crippen LogP contribution < -0.4 is 10.6 Å². The van der Waals surface area contributed by atoms with Crippen LogP contribution in [0.15, 0.2) is 6.20 Å². The van der Waals surface area contributed by atoms with Crippen LogP contribution in [0, 0.1) is 6.92 Å². The van der Waals surface area contributed by atoms with Gasteiger partial charge in [0.05, 0.1) is 0 Å². The monoisotopic (exact) mass is 263 g/mol. The van der Waals surface area contributed by atoms with Gasteiger partial charge < -0.3 is 15.5 Å². The molecular weight excluding hydrogens is 238 g/mol. The van der Waals surface area contributed by atoms with Crippen LogP contribution in [0.5, 0.6) is 0 Å². The van der Waals surface area contributed by atoms with Crippen LogP contribution in [-0.2, 0) is 6.54 Å². The first-order valence-electron chi connectivity index (χ1n) is 6.90. The summed E-state index contributed by atoms with van der Waals surface area (Å²) in [5.74, 6) is 0.794. The number of hydrogen-bond acceptors (Lipinski definition) is 5. The lowest BCUT2D eigenvalue weighted by Gasteiger charge is -2.49. The van der Waals surface area contributed by atoms with Crippen molar-refractivity contribution in [2.45, 2.75) is 38.3 Å². The maximum Gasteiger partial charge on any atom is 0.225 e. The molecular formula is C14H25N5. The standard InChI is InChI=1S/C14H25N5/c1-11-12(8-15)9-16-13(17-11)19(4)10-14(18(2)3)6-5-7-14/h9H,5-8,10,15H2,1-4H3. The summed E-state index contributed by atoms with van der Waals surface area (Å²) >= 11 is 0. The number of likely N-dealkylation sites (N-methyl/N-ethyl adjacent to an activating group) is 2. The van der Waals surface area contributed by atoms with Crippen molar-refractivity contribution in [3.8, 4) is 0 Å². The number of aryl methyl sites for hydroxylation is 1. The second-order valence-corrected chi connectivity index (χ2v) is 5.81. The van der Waals surface area contributed by atoms with Gasteiger partial charge in [0.2, 0.25) is 5.95 Å². The van der Waals surface area contributed by atoms with Crippen molar-refractivity contribution in [1.82, 2.24) is 14.9 Å². The third-order valence-electron chi connectivity index (χ3n) is 4.39. The normalized spacial score (nSPS) is 17.4. The molecule has 5 nitrogen and oxygen atoms in total. The third-order valence-corrected chi connectivity index (χ3v) is 4.39. The Labute approximate surface area is 115 Å². The van der Waals surface area contributed by atoms with E-state index in [1.807, 2.05) is 13.1 Å². The molecule has 1 heterocycles. The summed E-state index contributed by atoms with van der Waals surface area (Å²) in [7, 11) is 6.40. The van der Waals surface area contributed by atoms with Gasteiger partial charge in [-0.25, -0.2) is 9.97 Å². The van der Waals surface area contributed by atoms with Crippen molar-refractivity contribution in [3.05, 3.63) is 17.5 Å². The quantitative estimate of drug-likeness (QED) is 0.864. The van der Waals surface area contributed by atoms with Crippen LogP contribution in [0.4, 0.5) is 5.95 Å². The Morgan fingerprint density at radius 2 is 2.00 bits per heavy atom. The first kappa shape index (κ1) is 14.2. The highest BCUT2D eigenvalue weighted by Crippen LogP contribution is 2.37. The predicted molar refractivity (Wildman–Crippen MR) is 78.2 cm³/mol. The molecule has 0 aromatic carbocycles. The van der Waals surface area contributed by atoms with E-state index in [9.17, 15) is 0 Å². The number of anilines is 1. The lowest BCUT2D eigenvalue weighted by molar-refractivity contribution is 0.0680. The third kappa shape index (κ3) is 2.72. The van der Waals surface area contributed by atoms with Gasteiger partial charge >= 0.3 is 0 Å². The highest BCUT2D eigenvalue weighted by molar-refractivity contribution is 5.33. The molecule has 0 amide bonds. The average molecular weight is 263 g/mol. The SMILES string of the molecule is Cc1nc(N(C)CC2(N(C)C)CCC2)ncc1CN. The summed E-state index contributed by atoms with van der Waals surface area (Å²) in [6.07, 6.45) is 5.67. The van der Waals surface area contributed by atoms with Crippen LogP contribution in [-0.4, -0.2) is 48.1 Å². The van der Waals surface area contributed by atoms with Gasteiger partial charge in [-0.05, 0) is 40.3 Å². The van der Waals surface area contributed by atoms with Crippen molar-refractivity contribution in [2.24, 2.45) is 5.73 Å². The summed E-state index contributed by atoms with van der Waals surface area (Å²) in [5, 5.41) is 0. The largest absolute Gasteiger partial charge is 0.342 e. The summed E-state index contributed by atoms with van der Waals surface area (Å²) in [4.78, 5) is 13.5. The van der Waals surface area contributed by atoms with Crippen molar-refractivity contribution in [1.29, 1.82) is 0 Å². The maximum absolute atomic E-state index is 5.65. The Kier molecular flexibility index (Phi) is 4.06. The molecule has 0 atom stereocenters. The molecule has 1 saturated carbocycles. The number of rotatable bonds is 5. The number of nitrogens with zero attached hydrogens (tertiary/aromatic N) is 4. The average Bonchev–Trinajstić information content (AvgIpc) is 2.32. The van der Waals surface area contributed by atoms with Crippen molar-refractivity contribution in [2.75, 3.05) is 32.6 Å². The van der Waals surface area contributed by atoms with E-state index >= 15 is 0 Å². The van der Waals surface area contributed by atoms with E-state index in [2.05, 4.69) is 40.9 Å². The number of nitrogens with two attached hydrogens (primary N) is 1. The molecule has 106 valence electrons. The van der Waals surface area contributed by atoms with E-state index in [0.29, 0.717) is 12.1 Å². The van der Waals surface area contributed by atoms with Crippen LogP contribution in [0.2, 0.25) is 0 Å². The summed E-state index contributed by atoms with van der Waals surface area (Å²) in [5.41, 5.74) is 7.93. The van der Waals surface area contributed by atoms with Gasteiger partial charge in [-0.15, -0.1) is 0 Å². The molecule has 5 heteroatoms. The fourth-order valence-corrected chi connectivity index (χ4v) is 2.71. The number of hydrogen-bond donors (Lipinski definition) is 1. The maximum atomic E-state index is 5.65. The Morgan fingerprint density at radius 1 is 1.32 bits per heavy atom. The van der Waals surface area contributed by atoms with E-state index in [1.54, 1.807) is 0 Å². The van der Waals surface area contributed by atoms with Crippen molar-refractivity contribution < 1.29 is 0 Å². The zero-order valence-corrected chi connectivity index (χ0v) is 12.5. The number of aromatic nitrogens is 2. The fourth-order valence-electron chi connectivity index (χ4n) is 2.71. The molecule has 2 N–H and O–H groups in total. The van der Waals surface area contributed by atoms with E-state index in [-0.39, 0.29) is 0 Å². The molecule has 1 aromatic rings. The first-order valence-corrected chi connectivity index (χ1v) is 6.90. The Hall–Kier alpha value is -1.20. The highest BCUT2D eigenvalue weighted by Gasteiger charge is 2.40. The Bertz CT molecular complexity index is 439. The fraction of sp³-hybridized carbons (Fsp3) is 0.714. The van der Waals surface area contributed by atoms with E-state index in [4.69, 9.17) is 5.73 Å².